The lowest BCUT2D eigenvalue weighted by Gasteiger charge is -2.27. The van der Waals surface area contributed by atoms with E-state index in [1.807, 2.05) is 6.92 Å². The average molecular weight is 194 g/mol. The Morgan fingerprint density at radius 1 is 1.43 bits per heavy atom. The molecule has 0 saturated carbocycles. The fraction of sp³-hybridized carbons (Fsp3) is 0.800. The third-order valence-electron chi connectivity index (χ3n) is 2.62. The van der Waals surface area contributed by atoms with Crippen LogP contribution in [0.2, 0.25) is 0 Å². The van der Waals surface area contributed by atoms with E-state index in [9.17, 15) is 0 Å². The summed E-state index contributed by atoms with van der Waals surface area (Å²) in [5.74, 6) is 0. The lowest BCUT2D eigenvalue weighted by Crippen LogP contribution is -2.31. The minimum atomic E-state index is 0.517. The van der Waals surface area contributed by atoms with Crippen molar-refractivity contribution in [2.75, 3.05) is 26.2 Å². The molecular formula is C10H18N4. The van der Waals surface area contributed by atoms with Crippen molar-refractivity contribution >= 4 is 0 Å². The number of hydrogen-bond donors (Lipinski definition) is 0. The molecule has 0 aromatic rings. The monoisotopic (exact) mass is 194 g/mol. The van der Waals surface area contributed by atoms with E-state index in [-0.39, 0.29) is 0 Å². The van der Waals surface area contributed by atoms with Crippen LogP contribution in [0, 0.1) is 0 Å². The van der Waals surface area contributed by atoms with Gasteiger partial charge < -0.3 is 0 Å². The molecule has 1 aliphatic heterocycles. The van der Waals surface area contributed by atoms with Crippen LogP contribution < -0.4 is 0 Å². The molecule has 0 N–H and O–H groups in total. The van der Waals surface area contributed by atoms with Gasteiger partial charge in [-0.2, -0.15) is 0 Å². The second-order valence-corrected chi connectivity index (χ2v) is 3.67. The van der Waals surface area contributed by atoms with Crippen LogP contribution >= 0.6 is 0 Å². The Morgan fingerprint density at radius 3 is 2.71 bits per heavy atom. The van der Waals surface area contributed by atoms with Gasteiger partial charge in [0.05, 0.1) is 0 Å². The summed E-state index contributed by atoms with van der Waals surface area (Å²) in [4.78, 5) is 5.22. The van der Waals surface area contributed by atoms with E-state index in [1.165, 1.54) is 37.9 Å². The topological polar surface area (TPSA) is 52.0 Å². The Bertz CT molecular complexity index is 235. The first-order valence-corrected chi connectivity index (χ1v) is 5.24. The predicted octanol–water partition coefficient (Wildman–Crippen LogP) is 2.73. The highest BCUT2D eigenvalue weighted by Crippen LogP contribution is 2.10. The highest BCUT2D eigenvalue weighted by molar-refractivity contribution is 5.05. The smallest absolute Gasteiger partial charge is 0.0482 e. The average Bonchev–Trinajstić information content (AvgIpc) is 2.25. The summed E-state index contributed by atoms with van der Waals surface area (Å²) in [5, 5.41) is 3.59. The van der Waals surface area contributed by atoms with Gasteiger partial charge >= 0.3 is 0 Å². The Labute approximate surface area is 85.2 Å². The van der Waals surface area contributed by atoms with E-state index >= 15 is 0 Å². The summed E-state index contributed by atoms with van der Waals surface area (Å²) in [5.41, 5.74) is 9.46. The quantitative estimate of drug-likeness (QED) is 0.294. The van der Waals surface area contributed by atoms with E-state index < -0.39 is 0 Å². The van der Waals surface area contributed by atoms with Crippen LogP contribution in [0.5, 0.6) is 0 Å². The van der Waals surface area contributed by atoms with Crippen molar-refractivity contribution in [3.63, 3.8) is 0 Å². The number of rotatable bonds is 4. The van der Waals surface area contributed by atoms with Crippen LogP contribution in [-0.4, -0.2) is 31.1 Å². The molecule has 0 bridgehead atoms. The third kappa shape index (κ3) is 3.81. The zero-order chi connectivity index (χ0) is 10.2. The molecule has 78 valence electrons. The molecule has 1 heterocycles. The van der Waals surface area contributed by atoms with Crippen LogP contribution in [0.3, 0.4) is 0 Å². The number of allylic oxidation sites excluding steroid dienone is 1. The van der Waals surface area contributed by atoms with E-state index in [2.05, 4.69) is 21.0 Å². The fourth-order valence-corrected chi connectivity index (χ4v) is 1.76. The first-order chi connectivity index (χ1) is 6.86. The Hall–Kier alpha value is -0.990. The minimum Gasteiger partial charge on any atom is -0.299 e. The van der Waals surface area contributed by atoms with Gasteiger partial charge in [-0.15, -0.1) is 0 Å². The Morgan fingerprint density at radius 2 is 2.14 bits per heavy atom. The molecule has 0 radical (unpaired) electrons. The molecule has 14 heavy (non-hydrogen) atoms. The molecule has 1 fully saturated rings. The van der Waals surface area contributed by atoms with Crippen LogP contribution in [0.1, 0.15) is 26.2 Å². The predicted molar refractivity (Wildman–Crippen MR) is 58.1 cm³/mol. The highest BCUT2D eigenvalue weighted by Gasteiger charge is 2.10. The Balaban J connectivity index is 2.35. The lowest BCUT2D eigenvalue weighted by molar-refractivity contribution is 0.246. The van der Waals surface area contributed by atoms with Gasteiger partial charge in [0.15, 0.2) is 0 Å². The maximum absolute atomic E-state index is 8.23. The molecule has 0 aromatic heterocycles. The van der Waals surface area contributed by atoms with Crippen LogP contribution in [0.25, 0.3) is 10.4 Å². The molecule has 0 aromatic carbocycles. The van der Waals surface area contributed by atoms with Gasteiger partial charge in [0.2, 0.25) is 0 Å². The van der Waals surface area contributed by atoms with Gasteiger partial charge in [-0.1, -0.05) is 23.2 Å². The van der Waals surface area contributed by atoms with Gasteiger partial charge in [-0.3, -0.25) is 4.90 Å². The van der Waals surface area contributed by atoms with Crippen LogP contribution in [0.4, 0.5) is 0 Å². The maximum atomic E-state index is 8.23. The first-order valence-electron chi connectivity index (χ1n) is 5.24. The zero-order valence-corrected chi connectivity index (χ0v) is 8.82. The van der Waals surface area contributed by atoms with Crippen molar-refractivity contribution in [2.45, 2.75) is 26.2 Å². The van der Waals surface area contributed by atoms with Crippen LogP contribution in [0.15, 0.2) is 16.8 Å². The molecule has 0 aliphatic carbocycles. The molecule has 0 spiro atoms. The maximum Gasteiger partial charge on any atom is 0.0482 e. The highest BCUT2D eigenvalue weighted by atomic mass is 15.1. The number of piperidine rings is 1. The van der Waals surface area contributed by atoms with Crippen molar-refractivity contribution in [1.29, 1.82) is 0 Å². The summed E-state index contributed by atoms with van der Waals surface area (Å²) in [6.45, 7) is 5.87. The van der Waals surface area contributed by atoms with E-state index in [4.69, 9.17) is 5.53 Å². The van der Waals surface area contributed by atoms with Crippen LogP contribution in [-0.2, 0) is 0 Å². The normalized spacial score (nSPS) is 19.1. The standard InChI is InChI=1S/C10H18N4/c1-2-10(8-12-13-11)9-14-6-4-3-5-7-14/h2H,3-9H2,1H3/b10-2+. The van der Waals surface area contributed by atoms with Crippen molar-refractivity contribution in [1.82, 2.24) is 4.90 Å². The second-order valence-electron chi connectivity index (χ2n) is 3.67. The summed E-state index contributed by atoms with van der Waals surface area (Å²) in [7, 11) is 0. The summed E-state index contributed by atoms with van der Waals surface area (Å²) in [6, 6.07) is 0. The second kappa shape index (κ2) is 6.46. The molecule has 0 amide bonds. The fourth-order valence-electron chi connectivity index (χ4n) is 1.76. The summed E-state index contributed by atoms with van der Waals surface area (Å²) >= 11 is 0. The summed E-state index contributed by atoms with van der Waals surface area (Å²) < 4.78 is 0. The molecule has 4 heteroatoms. The molecular weight excluding hydrogens is 176 g/mol. The molecule has 4 nitrogen and oxygen atoms in total. The minimum absolute atomic E-state index is 0.517. The van der Waals surface area contributed by atoms with Gasteiger partial charge in [0.25, 0.3) is 0 Å². The van der Waals surface area contributed by atoms with Crippen molar-refractivity contribution in [3.8, 4) is 0 Å². The lowest BCUT2D eigenvalue weighted by atomic mass is 10.1. The number of likely N-dealkylation sites (tertiary alicyclic amines) is 1. The number of nitrogens with zero attached hydrogens (tertiary/aromatic N) is 4. The van der Waals surface area contributed by atoms with E-state index in [0.717, 1.165) is 6.54 Å². The van der Waals surface area contributed by atoms with Crippen molar-refractivity contribution in [2.24, 2.45) is 5.11 Å². The largest absolute Gasteiger partial charge is 0.299 e. The van der Waals surface area contributed by atoms with Crippen molar-refractivity contribution in [3.05, 3.63) is 22.1 Å². The zero-order valence-electron chi connectivity index (χ0n) is 8.82. The molecule has 1 aliphatic rings. The SMILES string of the molecule is C/C=C(\CN=[N+]=[N-])CN1CCCCC1. The molecule has 1 rings (SSSR count). The van der Waals surface area contributed by atoms with Gasteiger partial charge in [0.1, 0.15) is 0 Å². The van der Waals surface area contributed by atoms with Crippen molar-refractivity contribution < 1.29 is 0 Å². The molecule has 0 unspecified atom stereocenters. The van der Waals surface area contributed by atoms with E-state index in [0.29, 0.717) is 6.54 Å². The third-order valence-corrected chi connectivity index (χ3v) is 2.62. The number of hydrogen-bond acceptors (Lipinski definition) is 2. The molecule has 1 saturated heterocycles. The van der Waals surface area contributed by atoms with Gasteiger partial charge in [-0.05, 0) is 38.4 Å². The van der Waals surface area contributed by atoms with E-state index in [1.54, 1.807) is 0 Å². The Kier molecular flexibility index (Phi) is 5.12. The first kappa shape index (κ1) is 11.1. The van der Waals surface area contributed by atoms with Gasteiger partial charge in [-0.25, -0.2) is 0 Å². The summed E-state index contributed by atoms with van der Waals surface area (Å²) in [6.07, 6.45) is 6.03. The molecule has 0 atom stereocenters. The van der Waals surface area contributed by atoms with Gasteiger partial charge in [0, 0.05) is 18.0 Å². The number of azide groups is 1.